The summed E-state index contributed by atoms with van der Waals surface area (Å²) in [4.78, 5) is 23.2. The van der Waals surface area contributed by atoms with E-state index in [9.17, 15) is 9.59 Å². The molecule has 0 atom stereocenters. The van der Waals surface area contributed by atoms with Gasteiger partial charge < -0.3 is 4.74 Å². The Morgan fingerprint density at radius 1 is 1.09 bits per heavy atom. The van der Waals surface area contributed by atoms with Crippen molar-refractivity contribution in [2.24, 2.45) is 0 Å². The van der Waals surface area contributed by atoms with Crippen molar-refractivity contribution in [1.29, 1.82) is 0 Å². The Kier molecular flexibility index (Phi) is 3.70. The highest BCUT2D eigenvalue weighted by Crippen LogP contribution is 2.16. The average molecular weight is 294 g/mol. The van der Waals surface area contributed by atoms with E-state index in [-0.39, 0.29) is 11.5 Å². The van der Waals surface area contributed by atoms with Gasteiger partial charge in [-0.2, -0.15) is 5.10 Å². The first-order valence-electron chi connectivity index (χ1n) is 6.82. The molecule has 110 valence electrons. The molecule has 0 unspecified atom stereocenters. The van der Waals surface area contributed by atoms with Crippen molar-refractivity contribution in [3.8, 4) is 0 Å². The first kappa shape index (κ1) is 14.0. The molecule has 5 heteroatoms. The second-order valence-corrected chi connectivity index (χ2v) is 4.91. The van der Waals surface area contributed by atoms with Gasteiger partial charge in [-0.05, 0) is 23.8 Å². The molecule has 1 aromatic heterocycles. The average Bonchev–Trinajstić information content (AvgIpc) is 2.57. The van der Waals surface area contributed by atoms with Crippen molar-refractivity contribution < 1.29 is 9.53 Å². The Bertz CT molecular complexity index is 882. The number of carbonyl (C=O) groups excluding carboxylic acids is 1. The molecule has 3 rings (SSSR count). The summed E-state index contributed by atoms with van der Waals surface area (Å²) in [5.74, 6) is -0.362. The smallest absolute Gasteiger partial charge is 0.337 e. The lowest BCUT2D eigenvalue weighted by Gasteiger charge is -2.06. The number of aromatic amines is 1. The predicted octanol–water partition coefficient (Wildman–Crippen LogP) is 2.30. The molecule has 0 radical (unpaired) electrons. The molecule has 0 fully saturated rings. The number of hydrogen-bond donors (Lipinski definition) is 1. The van der Waals surface area contributed by atoms with Crippen LogP contribution in [-0.2, 0) is 11.2 Å². The number of esters is 1. The molecule has 0 aliphatic rings. The largest absolute Gasteiger partial charge is 0.465 e. The molecule has 2 aromatic carbocycles. The minimum atomic E-state index is -0.362. The lowest BCUT2D eigenvalue weighted by atomic mass is 10.0. The fraction of sp³-hybridized carbons (Fsp3) is 0.118. The van der Waals surface area contributed by atoms with E-state index < -0.39 is 0 Å². The highest BCUT2D eigenvalue weighted by molar-refractivity contribution is 5.89. The third-order valence-electron chi connectivity index (χ3n) is 3.52. The van der Waals surface area contributed by atoms with E-state index in [1.807, 2.05) is 30.3 Å². The van der Waals surface area contributed by atoms with Gasteiger partial charge in [0.1, 0.15) is 0 Å². The molecule has 0 saturated heterocycles. The predicted molar refractivity (Wildman–Crippen MR) is 83.0 cm³/mol. The number of H-pyrrole nitrogens is 1. The van der Waals surface area contributed by atoms with Crippen LogP contribution in [0.15, 0.2) is 53.3 Å². The molecule has 0 aliphatic heterocycles. The highest BCUT2D eigenvalue weighted by atomic mass is 16.5. The number of methoxy groups -OCH3 is 1. The number of fused-ring (bicyclic) bond motifs is 1. The van der Waals surface area contributed by atoms with E-state index in [2.05, 4.69) is 14.9 Å². The number of hydrogen-bond acceptors (Lipinski definition) is 4. The third-order valence-corrected chi connectivity index (χ3v) is 3.52. The van der Waals surface area contributed by atoms with E-state index in [4.69, 9.17) is 0 Å². The van der Waals surface area contributed by atoms with Gasteiger partial charge in [0, 0.05) is 11.8 Å². The van der Waals surface area contributed by atoms with Gasteiger partial charge in [-0.3, -0.25) is 4.79 Å². The SMILES string of the molecule is COC(=O)c1ccc(Cc2n[nH]c(=O)c3ccccc23)cc1. The van der Waals surface area contributed by atoms with Crippen LogP contribution in [0.2, 0.25) is 0 Å². The van der Waals surface area contributed by atoms with E-state index in [1.54, 1.807) is 18.2 Å². The maximum atomic E-state index is 11.8. The number of nitrogens with one attached hydrogen (secondary N) is 1. The number of carbonyl (C=O) groups is 1. The van der Waals surface area contributed by atoms with Crippen molar-refractivity contribution in [3.05, 3.63) is 75.7 Å². The topological polar surface area (TPSA) is 72.0 Å². The first-order valence-corrected chi connectivity index (χ1v) is 6.82. The summed E-state index contributed by atoms with van der Waals surface area (Å²) in [7, 11) is 1.35. The summed E-state index contributed by atoms with van der Waals surface area (Å²) in [5.41, 5.74) is 2.10. The van der Waals surface area contributed by atoms with E-state index in [1.165, 1.54) is 7.11 Å². The fourth-order valence-corrected chi connectivity index (χ4v) is 2.38. The second kappa shape index (κ2) is 5.81. The van der Waals surface area contributed by atoms with Crippen LogP contribution >= 0.6 is 0 Å². The van der Waals surface area contributed by atoms with E-state index in [0.29, 0.717) is 17.4 Å². The quantitative estimate of drug-likeness (QED) is 0.752. The highest BCUT2D eigenvalue weighted by Gasteiger charge is 2.08. The molecule has 3 aromatic rings. The zero-order valence-electron chi connectivity index (χ0n) is 12.0. The third kappa shape index (κ3) is 2.61. The van der Waals surface area contributed by atoms with Gasteiger partial charge in [-0.15, -0.1) is 0 Å². The van der Waals surface area contributed by atoms with Crippen LogP contribution in [0.5, 0.6) is 0 Å². The van der Waals surface area contributed by atoms with Crippen molar-refractivity contribution in [3.63, 3.8) is 0 Å². The van der Waals surface area contributed by atoms with Crippen LogP contribution in [0.1, 0.15) is 21.6 Å². The lowest BCUT2D eigenvalue weighted by Crippen LogP contribution is -2.11. The van der Waals surface area contributed by atoms with Crippen molar-refractivity contribution >= 4 is 16.7 Å². The van der Waals surface area contributed by atoms with Crippen LogP contribution < -0.4 is 5.56 Å². The minimum Gasteiger partial charge on any atom is -0.465 e. The summed E-state index contributed by atoms with van der Waals surface area (Å²) in [5, 5.41) is 8.13. The summed E-state index contributed by atoms with van der Waals surface area (Å²) < 4.78 is 4.67. The first-order chi connectivity index (χ1) is 10.7. The van der Waals surface area contributed by atoms with Gasteiger partial charge in [-0.1, -0.05) is 30.3 Å². The summed E-state index contributed by atoms with van der Waals surface area (Å²) in [6.07, 6.45) is 0.568. The van der Waals surface area contributed by atoms with Crippen LogP contribution in [0.3, 0.4) is 0 Å². The number of aromatic nitrogens is 2. The van der Waals surface area contributed by atoms with Crippen molar-refractivity contribution in [1.82, 2.24) is 10.2 Å². The Morgan fingerprint density at radius 2 is 1.77 bits per heavy atom. The normalized spacial score (nSPS) is 10.6. The Hall–Kier alpha value is -2.95. The molecular formula is C17H14N2O3. The molecule has 0 saturated carbocycles. The fourth-order valence-electron chi connectivity index (χ4n) is 2.38. The molecule has 5 nitrogen and oxygen atoms in total. The molecule has 22 heavy (non-hydrogen) atoms. The van der Waals surface area contributed by atoms with Crippen molar-refractivity contribution in [2.75, 3.05) is 7.11 Å². The maximum absolute atomic E-state index is 11.8. The van der Waals surface area contributed by atoms with Gasteiger partial charge in [0.25, 0.3) is 5.56 Å². The Labute approximate surface area is 126 Å². The summed E-state index contributed by atoms with van der Waals surface area (Å²) in [6, 6.07) is 14.5. The molecule has 1 N–H and O–H groups in total. The summed E-state index contributed by atoms with van der Waals surface area (Å²) in [6.45, 7) is 0. The van der Waals surface area contributed by atoms with Crippen LogP contribution in [0.4, 0.5) is 0 Å². The molecule has 0 amide bonds. The van der Waals surface area contributed by atoms with E-state index >= 15 is 0 Å². The summed E-state index contributed by atoms with van der Waals surface area (Å²) >= 11 is 0. The number of ether oxygens (including phenoxy) is 1. The Balaban J connectivity index is 1.95. The lowest BCUT2D eigenvalue weighted by molar-refractivity contribution is 0.0600. The van der Waals surface area contributed by atoms with Gasteiger partial charge in [-0.25, -0.2) is 9.89 Å². The van der Waals surface area contributed by atoms with Gasteiger partial charge in [0.15, 0.2) is 0 Å². The van der Waals surface area contributed by atoms with Crippen LogP contribution in [0.25, 0.3) is 10.8 Å². The monoisotopic (exact) mass is 294 g/mol. The Morgan fingerprint density at radius 3 is 2.45 bits per heavy atom. The maximum Gasteiger partial charge on any atom is 0.337 e. The minimum absolute atomic E-state index is 0.194. The molecule has 0 aliphatic carbocycles. The van der Waals surface area contributed by atoms with E-state index in [0.717, 1.165) is 16.6 Å². The van der Waals surface area contributed by atoms with Gasteiger partial charge >= 0.3 is 5.97 Å². The van der Waals surface area contributed by atoms with Crippen LogP contribution in [-0.4, -0.2) is 23.3 Å². The standard InChI is InChI=1S/C17H14N2O3/c1-22-17(21)12-8-6-11(7-9-12)10-15-13-4-2-3-5-14(13)16(20)19-18-15/h2-9H,10H2,1H3,(H,19,20). The van der Waals surface area contributed by atoms with Crippen molar-refractivity contribution in [2.45, 2.75) is 6.42 Å². The molecule has 1 heterocycles. The molecular weight excluding hydrogens is 280 g/mol. The number of rotatable bonds is 3. The zero-order chi connectivity index (χ0) is 15.5. The van der Waals surface area contributed by atoms with Gasteiger partial charge in [0.2, 0.25) is 0 Å². The number of benzene rings is 2. The van der Waals surface area contributed by atoms with Crippen LogP contribution in [0, 0.1) is 0 Å². The zero-order valence-corrected chi connectivity index (χ0v) is 12.0. The second-order valence-electron chi connectivity index (χ2n) is 4.91. The molecule has 0 bridgehead atoms. The molecule has 0 spiro atoms. The van der Waals surface area contributed by atoms with Gasteiger partial charge in [0.05, 0.1) is 23.8 Å². The number of nitrogens with zero attached hydrogens (tertiary/aromatic N) is 1.